The van der Waals surface area contributed by atoms with Gasteiger partial charge >= 0.3 is 11.8 Å². The lowest BCUT2D eigenvalue weighted by Crippen LogP contribution is -2.44. The summed E-state index contributed by atoms with van der Waals surface area (Å²) in [5.74, 6) is -1.70. The molecule has 3 rings (SSSR count). The molecule has 4 N–H and O–H groups in total. The van der Waals surface area contributed by atoms with E-state index in [-0.39, 0.29) is 6.61 Å². The van der Waals surface area contributed by atoms with Crippen LogP contribution < -0.4 is 10.6 Å². The Morgan fingerprint density at radius 2 is 1.93 bits per heavy atom. The van der Waals surface area contributed by atoms with Crippen LogP contribution in [0.25, 0.3) is 10.9 Å². The molecular weight excluding hydrogens is 378 g/mol. The maximum absolute atomic E-state index is 12.2. The number of nitrogens with one attached hydrogen (secondary N) is 3. The minimum Gasteiger partial charge on any atom is -0.394 e. The van der Waals surface area contributed by atoms with Crippen molar-refractivity contribution in [3.8, 4) is 0 Å². The Bertz CT molecular complexity index is 1030. The molecule has 28 heavy (non-hydrogen) atoms. The summed E-state index contributed by atoms with van der Waals surface area (Å²) in [6, 6.07) is 13.6. The number of aromatic amines is 1. The molecule has 2 unspecified atom stereocenters. The van der Waals surface area contributed by atoms with E-state index < -0.39 is 28.7 Å². The van der Waals surface area contributed by atoms with Crippen LogP contribution in [-0.2, 0) is 26.8 Å². The molecule has 1 aromatic heterocycles. The van der Waals surface area contributed by atoms with Gasteiger partial charge in [0.2, 0.25) is 0 Å². The van der Waals surface area contributed by atoms with Crippen molar-refractivity contribution in [2.45, 2.75) is 17.4 Å². The van der Waals surface area contributed by atoms with Gasteiger partial charge in [-0.15, -0.1) is 0 Å². The van der Waals surface area contributed by atoms with E-state index in [0.29, 0.717) is 17.0 Å². The number of carbonyl (C=O) groups excluding carboxylic acids is 2. The molecule has 0 aliphatic heterocycles. The predicted molar refractivity (Wildman–Crippen MR) is 108 cm³/mol. The fourth-order valence-corrected chi connectivity index (χ4v) is 3.48. The highest BCUT2D eigenvalue weighted by molar-refractivity contribution is 7.84. The number of aromatic nitrogens is 1. The number of hydrogen-bond acceptors (Lipinski definition) is 4. The first-order valence-corrected chi connectivity index (χ1v) is 10.2. The molecule has 0 bridgehead atoms. The zero-order chi connectivity index (χ0) is 20.1. The van der Waals surface area contributed by atoms with Gasteiger partial charge in [0.05, 0.1) is 12.6 Å². The minimum absolute atomic E-state index is 0.303. The summed E-state index contributed by atoms with van der Waals surface area (Å²) in [6.07, 6.45) is 3.74. The van der Waals surface area contributed by atoms with Crippen molar-refractivity contribution in [2.75, 3.05) is 18.2 Å². The summed E-state index contributed by atoms with van der Waals surface area (Å²) >= 11 is 0. The molecule has 2 amide bonds. The Hall–Kier alpha value is -2.97. The van der Waals surface area contributed by atoms with Crippen LogP contribution in [-0.4, -0.2) is 45.0 Å². The number of aliphatic hydroxyl groups excluding tert-OH is 1. The van der Waals surface area contributed by atoms with E-state index >= 15 is 0 Å². The van der Waals surface area contributed by atoms with E-state index in [4.69, 9.17) is 0 Å². The number of carbonyl (C=O) groups is 2. The van der Waals surface area contributed by atoms with Crippen LogP contribution in [0.5, 0.6) is 0 Å². The highest BCUT2D eigenvalue weighted by Gasteiger charge is 2.20. The summed E-state index contributed by atoms with van der Waals surface area (Å²) in [7, 11) is -1.19. The van der Waals surface area contributed by atoms with Gasteiger partial charge in [0.1, 0.15) is 0 Å². The smallest absolute Gasteiger partial charge is 0.313 e. The quantitative estimate of drug-likeness (QED) is 0.471. The Morgan fingerprint density at radius 1 is 1.14 bits per heavy atom. The summed E-state index contributed by atoms with van der Waals surface area (Å²) in [4.78, 5) is 28.1. The van der Waals surface area contributed by atoms with Gasteiger partial charge in [0.25, 0.3) is 0 Å². The lowest BCUT2D eigenvalue weighted by molar-refractivity contribution is -0.136. The van der Waals surface area contributed by atoms with Crippen molar-refractivity contribution in [3.63, 3.8) is 0 Å². The number of amides is 2. The van der Waals surface area contributed by atoms with Gasteiger partial charge in [-0.25, -0.2) is 0 Å². The third-order valence-electron chi connectivity index (χ3n) is 4.33. The Labute approximate surface area is 164 Å². The highest BCUT2D eigenvalue weighted by atomic mass is 32.2. The van der Waals surface area contributed by atoms with Gasteiger partial charge in [0.15, 0.2) is 0 Å². The number of benzene rings is 2. The molecule has 0 spiro atoms. The van der Waals surface area contributed by atoms with Crippen LogP contribution in [0, 0.1) is 0 Å². The molecule has 0 aliphatic rings. The average Bonchev–Trinajstić information content (AvgIpc) is 3.10. The van der Waals surface area contributed by atoms with Gasteiger partial charge in [-0.05, 0) is 36.2 Å². The van der Waals surface area contributed by atoms with Crippen molar-refractivity contribution in [3.05, 3.63) is 60.3 Å². The zero-order valence-electron chi connectivity index (χ0n) is 15.3. The second kappa shape index (κ2) is 8.81. The van der Waals surface area contributed by atoms with Crippen LogP contribution in [0.2, 0.25) is 0 Å². The fraction of sp³-hybridized carbons (Fsp3) is 0.200. The first-order valence-electron chi connectivity index (χ1n) is 8.69. The van der Waals surface area contributed by atoms with Crippen LogP contribution >= 0.6 is 0 Å². The minimum atomic E-state index is -1.19. The summed E-state index contributed by atoms with van der Waals surface area (Å²) in [6.45, 7) is -0.303. The molecular formula is C20H21N3O4S. The number of anilines is 1. The third-order valence-corrected chi connectivity index (χ3v) is 5.24. The fourth-order valence-electron chi connectivity index (χ4n) is 2.92. The Morgan fingerprint density at radius 3 is 2.68 bits per heavy atom. The number of rotatable bonds is 6. The normalized spacial score (nSPS) is 13.1. The van der Waals surface area contributed by atoms with Crippen molar-refractivity contribution in [2.24, 2.45) is 0 Å². The van der Waals surface area contributed by atoms with E-state index in [1.54, 1.807) is 24.3 Å². The molecule has 0 aliphatic carbocycles. The number of fused-ring (bicyclic) bond motifs is 1. The summed E-state index contributed by atoms with van der Waals surface area (Å²) < 4.78 is 11.5. The van der Waals surface area contributed by atoms with E-state index in [9.17, 15) is 18.9 Å². The topological polar surface area (TPSA) is 111 Å². The standard InChI is InChI=1S/C20H21N3O4S/c1-28(27)16-6-4-5-14(10-16)22-19(25)20(26)23-15(12-24)9-13-11-21-18-8-3-2-7-17(13)18/h2-8,10-11,15,21,24H,9,12H2,1H3,(H,22,25)(H,23,26). The van der Waals surface area contributed by atoms with Gasteiger partial charge in [0, 0.05) is 44.7 Å². The molecule has 0 saturated heterocycles. The van der Waals surface area contributed by atoms with Crippen molar-refractivity contribution < 1.29 is 18.9 Å². The molecule has 1 heterocycles. The van der Waals surface area contributed by atoms with Crippen LogP contribution in [0.4, 0.5) is 5.69 Å². The summed E-state index contributed by atoms with van der Waals surface area (Å²) in [5, 5.41) is 15.7. The number of H-pyrrole nitrogens is 1. The summed E-state index contributed by atoms with van der Waals surface area (Å²) in [5.41, 5.74) is 2.28. The predicted octanol–water partition coefficient (Wildman–Crippen LogP) is 1.56. The Balaban J connectivity index is 1.64. The molecule has 2 aromatic carbocycles. The van der Waals surface area contributed by atoms with E-state index in [1.807, 2.05) is 30.5 Å². The lowest BCUT2D eigenvalue weighted by Gasteiger charge is -2.16. The largest absolute Gasteiger partial charge is 0.394 e. The van der Waals surface area contributed by atoms with Crippen molar-refractivity contribution in [1.29, 1.82) is 0 Å². The molecule has 0 radical (unpaired) electrons. The zero-order valence-corrected chi connectivity index (χ0v) is 16.1. The van der Waals surface area contributed by atoms with E-state index in [1.165, 1.54) is 6.26 Å². The molecule has 2 atom stereocenters. The maximum Gasteiger partial charge on any atom is 0.313 e. The molecule has 8 heteroatoms. The number of hydrogen-bond donors (Lipinski definition) is 4. The molecule has 7 nitrogen and oxygen atoms in total. The monoisotopic (exact) mass is 399 g/mol. The number of para-hydroxylation sites is 1. The molecule has 0 fully saturated rings. The van der Waals surface area contributed by atoms with Crippen molar-refractivity contribution in [1.82, 2.24) is 10.3 Å². The van der Waals surface area contributed by atoms with Gasteiger partial charge in [-0.1, -0.05) is 24.3 Å². The van der Waals surface area contributed by atoms with Crippen LogP contribution in [0.3, 0.4) is 0 Å². The van der Waals surface area contributed by atoms with E-state index in [0.717, 1.165) is 16.5 Å². The van der Waals surface area contributed by atoms with Gasteiger partial charge < -0.3 is 20.7 Å². The van der Waals surface area contributed by atoms with Crippen LogP contribution in [0.15, 0.2) is 59.6 Å². The molecule has 0 saturated carbocycles. The Kier molecular flexibility index (Phi) is 6.23. The van der Waals surface area contributed by atoms with E-state index in [2.05, 4.69) is 15.6 Å². The van der Waals surface area contributed by atoms with Gasteiger partial charge in [-0.2, -0.15) is 0 Å². The van der Waals surface area contributed by atoms with Crippen molar-refractivity contribution >= 4 is 39.2 Å². The van der Waals surface area contributed by atoms with Crippen LogP contribution in [0.1, 0.15) is 5.56 Å². The maximum atomic E-state index is 12.2. The third kappa shape index (κ3) is 4.65. The molecule has 3 aromatic rings. The lowest BCUT2D eigenvalue weighted by atomic mass is 10.1. The molecule has 146 valence electrons. The first-order chi connectivity index (χ1) is 13.5. The highest BCUT2D eigenvalue weighted by Crippen LogP contribution is 2.19. The first kappa shape index (κ1) is 19.8. The second-order valence-electron chi connectivity index (χ2n) is 6.35. The number of aliphatic hydroxyl groups is 1. The average molecular weight is 399 g/mol. The second-order valence-corrected chi connectivity index (χ2v) is 7.73. The van der Waals surface area contributed by atoms with Gasteiger partial charge in [-0.3, -0.25) is 13.8 Å². The SMILES string of the molecule is CS(=O)c1cccc(NC(=O)C(=O)NC(CO)Cc2c[nH]c3ccccc23)c1.